The lowest BCUT2D eigenvalue weighted by atomic mass is 9.73. The lowest BCUT2D eigenvalue weighted by Gasteiger charge is -2.50. The molecule has 0 radical (unpaired) electrons. The van der Waals surface area contributed by atoms with Gasteiger partial charge in [-0.05, 0) is 35.7 Å². The molecular formula is C30H39F3N7O2+. The Hall–Kier alpha value is -3.58. The third-order valence-electron chi connectivity index (χ3n) is 8.33. The Morgan fingerprint density at radius 3 is 2.29 bits per heavy atom. The number of alkyl halides is 3. The van der Waals surface area contributed by atoms with Crippen LogP contribution in [0.2, 0.25) is 0 Å². The molecule has 3 aromatic rings. The number of rotatable bonds is 12. The number of aromatic nitrogens is 1. The maximum absolute atomic E-state index is 13.4. The first-order chi connectivity index (χ1) is 19.9. The van der Waals surface area contributed by atoms with E-state index in [1.807, 2.05) is 24.3 Å². The Kier molecular flexibility index (Phi) is 9.82. The molecule has 0 unspecified atom stereocenters. The summed E-state index contributed by atoms with van der Waals surface area (Å²) in [6, 6.07) is 12.0. The molecule has 0 spiro atoms. The van der Waals surface area contributed by atoms with Crippen LogP contribution in [0.25, 0.3) is 10.9 Å². The average molecular weight is 587 g/mol. The molecule has 0 aliphatic heterocycles. The third-order valence-corrected chi connectivity index (χ3v) is 8.33. The Balaban J connectivity index is 1.47. The van der Waals surface area contributed by atoms with Crippen LogP contribution in [0, 0.1) is 5.92 Å². The second-order valence-electron chi connectivity index (χ2n) is 11.3. The monoisotopic (exact) mass is 586 g/mol. The van der Waals surface area contributed by atoms with Crippen molar-refractivity contribution in [2.24, 2.45) is 23.1 Å². The van der Waals surface area contributed by atoms with Crippen LogP contribution in [0.5, 0.6) is 0 Å². The second kappa shape index (κ2) is 13.2. The maximum Gasteiger partial charge on any atom is 0.416 e. The molecular weight excluding hydrogens is 547 g/mol. The van der Waals surface area contributed by atoms with Crippen LogP contribution in [0.4, 0.5) is 18.9 Å². The summed E-state index contributed by atoms with van der Waals surface area (Å²) in [4.78, 5) is 31.0. The van der Waals surface area contributed by atoms with Gasteiger partial charge in [0.1, 0.15) is 6.04 Å². The number of nitrogens with one attached hydrogen (secondary N) is 2. The molecule has 9 nitrogen and oxygen atoms in total. The standard InChI is InChI=1S/C30H38F3N7O2/c1-40(12-10-34,13-11-35)24-16-21(17-24)27(36)29(42)39-26(14-19-6-8-22(9-7-19)30(31,32)33)28(41)38-23-15-20-4-2-3-5-25(20)37-18-23/h2-9,15,18,21,24,26-27H,10-14,16-17,34-36H2,1H3,(H-,38,39,41,42)/p+1/t21?,24?,26-,27-/m0/s1. The van der Waals surface area contributed by atoms with Gasteiger partial charge in [0.2, 0.25) is 11.8 Å². The van der Waals surface area contributed by atoms with Crippen LogP contribution in [-0.2, 0) is 22.2 Å². The number of hydrogen-bond acceptors (Lipinski definition) is 6. The molecule has 2 atom stereocenters. The number of carbonyl (C=O) groups is 2. The number of nitrogens with two attached hydrogens (primary N) is 3. The van der Waals surface area contributed by atoms with Crippen molar-refractivity contribution >= 4 is 28.4 Å². The van der Waals surface area contributed by atoms with E-state index >= 15 is 0 Å². The van der Waals surface area contributed by atoms with E-state index in [-0.39, 0.29) is 18.4 Å². The number of likely N-dealkylation sites (N-methyl/N-ethyl adjacent to an activating group) is 1. The van der Waals surface area contributed by atoms with Crippen LogP contribution in [-0.4, -0.2) is 72.6 Å². The molecule has 1 heterocycles. The first-order valence-electron chi connectivity index (χ1n) is 14.1. The molecule has 1 aliphatic carbocycles. The van der Waals surface area contributed by atoms with Crippen molar-refractivity contribution in [2.45, 2.75) is 43.6 Å². The lowest BCUT2D eigenvalue weighted by molar-refractivity contribution is -0.937. The fourth-order valence-electron chi connectivity index (χ4n) is 5.62. The number of anilines is 1. The van der Waals surface area contributed by atoms with Crippen LogP contribution >= 0.6 is 0 Å². The first-order valence-corrected chi connectivity index (χ1v) is 14.1. The molecule has 226 valence electrons. The quantitative estimate of drug-likeness (QED) is 0.206. The molecule has 8 N–H and O–H groups in total. The van der Waals surface area contributed by atoms with Crippen molar-refractivity contribution in [1.82, 2.24) is 10.3 Å². The molecule has 1 saturated carbocycles. The lowest BCUT2D eigenvalue weighted by Crippen LogP contribution is -2.64. The molecule has 2 amide bonds. The van der Waals surface area contributed by atoms with Gasteiger partial charge in [0, 0.05) is 37.7 Å². The molecule has 42 heavy (non-hydrogen) atoms. The largest absolute Gasteiger partial charge is 0.416 e. The number of benzene rings is 2. The zero-order chi connectivity index (χ0) is 30.5. The Bertz CT molecular complexity index is 1370. The van der Waals surface area contributed by atoms with Gasteiger partial charge in [0.15, 0.2) is 0 Å². The van der Waals surface area contributed by atoms with Crippen molar-refractivity contribution < 1.29 is 27.2 Å². The summed E-state index contributed by atoms with van der Waals surface area (Å²) >= 11 is 0. The van der Waals surface area contributed by atoms with E-state index in [1.54, 1.807) is 6.07 Å². The Morgan fingerprint density at radius 1 is 1.02 bits per heavy atom. The van der Waals surface area contributed by atoms with Crippen LogP contribution < -0.4 is 27.8 Å². The number of halogens is 3. The molecule has 0 saturated heterocycles. The van der Waals surface area contributed by atoms with E-state index in [0.717, 1.165) is 53.4 Å². The molecule has 2 aromatic carbocycles. The molecule has 1 aliphatic rings. The number of amides is 2. The predicted octanol–water partition coefficient (Wildman–Crippen LogP) is 2.39. The molecule has 4 rings (SSSR count). The third kappa shape index (κ3) is 7.43. The number of fused-ring (bicyclic) bond motifs is 1. The van der Waals surface area contributed by atoms with Crippen molar-refractivity contribution in [3.63, 3.8) is 0 Å². The summed E-state index contributed by atoms with van der Waals surface area (Å²) < 4.78 is 39.9. The average Bonchev–Trinajstić information content (AvgIpc) is 2.91. The highest BCUT2D eigenvalue weighted by Crippen LogP contribution is 2.37. The van der Waals surface area contributed by atoms with Gasteiger partial charge < -0.3 is 32.3 Å². The predicted molar refractivity (Wildman–Crippen MR) is 156 cm³/mol. The molecule has 0 bridgehead atoms. The summed E-state index contributed by atoms with van der Waals surface area (Å²) in [7, 11) is 2.11. The Morgan fingerprint density at radius 2 is 1.67 bits per heavy atom. The number of nitrogens with zero attached hydrogens (tertiary/aromatic N) is 2. The summed E-state index contributed by atoms with van der Waals surface area (Å²) in [5.41, 5.74) is 18.8. The molecule has 12 heteroatoms. The fourth-order valence-corrected chi connectivity index (χ4v) is 5.62. The number of carbonyl (C=O) groups excluding carboxylic acids is 2. The van der Waals surface area contributed by atoms with Gasteiger partial charge in [0.25, 0.3) is 0 Å². The topological polar surface area (TPSA) is 149 Å². The van der Waals surface area contributed by atoms with E-state index in [2.05, 4.69) is 22.7 Å². The van der Waals surface area contributed by atoms with Crippen molar-refractivity contribution in [3.8, 4) is 0 Å². The van der Waals surface area contributed by atoms with Crippen LogP contribution in [0.3, 0.4) is 0 Å². The summed E-state index contributed by atoms with van der Waals surface area (Å²) in [5, 5.41) is 6.35. The molecule has 1 aromatic heterocycles. The van der Waals surface area contributed by atoms with E-state index in [9.17, 15) is 22.8 Å². The van der Waals surface area contributed by atoms with E-state index in [1.165, 1.54) is 18.3 Å². The number of pyridine rings is 1. The minimum atomic E-state index is -4.48. The number of quaternary nitrogens is 1. The van der Waals surface area contributed by atoms with E-state index < -0.39 is 35.6 Å². The summed E-state index contributed by atoms with van der Waals surface area (Å²) in [6.45, 7) is 2.60. The van der Waals surface area contributed by atoms with Crippen molar-refractivity contribution in [1.29, 1.82) is 0 Å². The summed E-state index contributed by atoms with van der Waals surface area (Å²) in [6.07, 6.45) is -1.55. The minimum Gasteiger partial charge on any atom is -0.343 e. The fraction of sp³-hybridized carbons (Fsp3) is 0.433. The van der Waals surface area contributed by atoms with Gasteiger partial charge in [-0.15, -0.1) is 0 Å². The van der Waals surface area contributed by atoms with Gasteiger partial charge in [-0.25, -0.2) is 0 Å². The van der Waals surface area contributed by atoms with E-state index in [4.69, 9.17) is 17.2 Å². The van der Waals surface area contributed by atoms with Crippen LogP contribution in [0.15, 0.2) is 60.8 Å². The van der Waals surface area contributed by atoms with Gasteiger partial charge in [-0.1, -0.05) is 30.3 Å². The smallest absolute Gasteiger partial charge is 0.343 e. The molecule has 1 fully saturated rings. The number of hydrogen-bond donors (Lipinski definition) is 5. The zero-order valence-corrected chi connectivity index (χ0v) is 23.6. The normalized spacial score (nSPS) is 18.6. The van der Waals surface area contributed by atoms with Crippen molar-refractivity contribution in [3.05, 3.63) is 71.9 Å². The Labute approximate surface area is 243 Å². The number of para-hydroxylation sites is 1. The highest BCUT2D eigenvalue weighted by molar-refractivity contribution is 5.99. The van der Waals surface area contributed by atoms with Crippen LogP contribution in [0.1, 0.15) is 24.0 Å². The van der Waals surface area contributed by atoms with Crippen molar-refractivity contribution in [2.75, 3.05) is 38.5 Å². The highest BCUT2D eigenvalue weighted by Gasteiger charge is 2.46. The van der Waals surface area contributed by atoms with Gasteiger partial charge in [-0.2, -0.15) is 13.2 Å². The van der Waals surface area contributed by atoms with Gasteiger partial charge in [-0.3, -0.25) is 14.6 Å². The van der Waals surface area contributed by atoms with Gasteiger partial charge in [0.05, 0.1) is 55.2 Å². The highest BCUT2D eigenvalue weighted by atomic mass is 19.4. The second-order valence-corrected chi connectivity index (χ2v) is 11.3. The van der Waals surface area contributed by atoms with E-state index in [0.29, 0.717) is 24.3 Å². The first kappa shape index (κ1) is 31.4. The van der Waals surface area contributed by atoms with Gasteiger partial charge >= 0.3 is 6.18 Å². The summed E-state index contributed by atoms with van der Waals surface area (Å²) in [5.74, 6) is -1.11. The SMILES string of the molecule is C[N+](CCN)(CCN)C1CC([C@H](N)C(=O)N[C@@H](Cc2ccc(C(F)(F)F)cc2)C(=O)Nc2cnc3ccccc3c2)C1. The minimum absolute atomic E-state index is 0.0291. The maximum atomic E-state index is 13.4. The zero-order valence-electron chi connectivity index (χ0n) is 23.6.